The molecule has 0 bridgehead atoms. The first-order chi connectivity index (χ1) is 10.2. The number of nitrogen functional groups attached to an aromatic ring is 1. The van der Waals surface area contributed by atoms with Gasteiger partial charge in [-0.3, -0.25) is 0 Å². The number of aromatic nitrogens is 1. The van der Waals surface area contributed by atoms with Crippen molar-refractivity contribution in [2.24, 2.45) is 0 Å². The molecule has 3 N–H and O–H groups in total. The predicted molar refractivity (Wildman–Crippen MR) is 87.2 cm³/mol. The van der Waals surface area contributed by atoms with Crippen molar-refractivity contribution in [3.05, 3.63) is 54.2 Å². The van der Waals surface area contributed by atoms with Crippen LogP contribution in [-0.4, -0.2) is 12.1 Å². The Bertz CT molecular complexity index is 782. The number of hydrogen-bond donors (Lipinski definition) is 2. The highest BCUT2D eigenvalue weighted by Gasteiger charge is 2.08. The largest absolute Gasteiger partial charge is 0.494 e. The Labute approximate surface area is 123 Å². The van der Waals surface area contributed by atoms with E-state index >= 15 is 0 Å². The molecule has 0 amide bonds. The zero-order chi connectivity index (χ0) is 14.8. The monoisotopic (exact) mass is 279 g/mol. The number of para-hydroxylation sites is 1. The minimum Gasteiger partial charge on any atom is -0.494 e. The summed E-state index contributed by atoms with van der Waals surface area (Å²) in [7, 11) is 1.66. The number of nitrogens with two attached hydrogens (primary N) is 1. The van der Waals surface area contributed by atoms with Crippen LogP contribution >= 0.6 is 0 Å². The van der Waals surface area contributed by atoms with Crippen LogP contribution in [0.2, 0.25) is 0 Å². The fraction of sp³-hybridized carbons (Fsp3) is 0.118. The van der Waals surface area contributed by atoms with Gasteiger partial charge >= 0.3 is 0 Å². The number of benzene rings is 2. The van der Waals surface area contributed by atoms with Crippen LogP contribution in [-0.2, 0) is 0 Å². The highest BCUT2D eigenvalue weighted by atomic mass is 16.5. The zero-order valence-electron chi connectivity index (χ0n) is 12.1. The van der Waals surface area contributed by atoms with Gasteiger partial charge in [0, 0.05) is 28.1 Å². The van der Waals surface area contributed by atoms with Gasteiger partial charge in [0.25, 0.3) is 0 Å². The molecule has 2 aromatic carbocycles. The fourth-order valence-electron chi connectivity index (χ4n) is 2.34. The van der Waals surface area contributed by atoms with Crippen molar-refractivity contribution in [1.29, 1.82) is 0 Å². The lowest BCUT2D eigenvalue weighted by Crippen LogP contribution is -1.96. The van der Waals surface area contributed by atoms with Gasteiger partial charge < -0.3 is 15.8 Å². The number of nitrogens with zero attached hydrogens (tertiary/aromatic N) is 1. The molecule has 0 saturated heterocycles. The molecule has 3 aromatic rings. The summed E-state index contributed by atoms with van der Waals surface area (Å²) in [6.07, 6.45) is 0. The standard InChI is InChI=1S/C17H17N3O/c1-11-10-15(20-13-8-6-12(18)7-9-13)14-4-3-5-16(21-2)17(14)19-11/h3-10H,18H2,1-2H3,(H,19,20). The van der Waals surface area contributed by atoms with E-state index in [0.29, 0.717) is 0 Å². The lowest BCUT2D eigenvalue weighted by atomic mass is 10.1. The maximum atomic E-state index is 5.72. The number of anilines is 3. The highest BCUT2D eigenvalue weighted by Crippen LogP contribution is 2.31. The van der Waals surface area contributed by atoms with Gasteiger partial charge in [-0.15, -0.1) is 0 Å². The van der Waals surface area contributed by atoms with Gasteiger partial charge in [-0.05, 0) is 43.3 Å². The smallest absolute Gasteiger partial charge is 0.145 e. The third-order valence-electron chi connectivity index (χ3n) is 3.34. The molecule has 0 fully saturated rings. The van der Waals surface area contributed by atoms with Gasteiger partial charge in [0.1, 0.15) is 11.3 Å². The van der Waals surface area contributed by atoms with E-state index in [1.54, 1.807) is 7.11 Å². The van der Waals surface area contributed by atoms with Crippen molar-refractivity contribution in [2.45, 2.75) is 6.92 Å². The van der Waals surface area contributed by atoms with Crippen LogP contribution in [0.3, 0.4) is 0 Å². The number of methoxy groups -OCH3 is 1. The van der Waals surface area contributed by atoms with Crippen LogP contribution < -0.4 is 15.8 Å². The van der Waals surface area contributed by atoms with E-state index in [1.807, 2.05) is 55.5 Å². The summed E-state index contributed by atoms with van der Waals surface area (Å²) in [5.41, 5.74) is 10.2. The molecule has 106 valence electrons. The molecule has 0 aliphatic carbocycles. The summed E-state index contributed by atoms with van der Waals surface area (Å²) in [6.45, 7) is 1.97. The first-order valence-electron chi connectivity index (χ1n) is 6.74. The van der Waals surface area contributed by atoms with Crippen molar-refractivity contribution in [1.82, 2.24) is 4.98 Å². The molecule has 4 heteroatoms. The number of pyridine rings is 1. The fourth-order valence-corrected chi connectivity index (χ4v) is 2.34. The van der Waals surface area contributed by atoms with E-state index in [2.05, 4.69) is 10.3 Å². The molecular weight excluding hydrogens is 262 g/mol. The third-order valence-corrected chi connectivity index (χ3v) is 3.34. The average molecular weight is 279 g/mol. The van der Waals surface area contributed by atoms with Gasteiger partial charge in [-0.2, -0.15) is 0 Å². The maximum Gasteiger partial charge on any atom is 0.145 e. The number of hydrogen-bond acceptors (Lipinski definition) is 4. The summed E-state index contributed by atoms with van der Waals surface area (Å²) >= 11 is 0. The van der Waals surface area contributed by atoms with Crippen LogP contribution in [0.4, 0.5) is 17.1 Å². The highest BCUT2D eigenvalue weighted by molar-refractivity contribution is 5.96. The van der Waals surface area contributed by atoms with Gasteiger partial charge in [-0.1, -0.05) is 12.1 Å². The summed E-state index contributed by atoms with van der Waals surface area (Å²) in [5.74, 6) is 0.775. The molecule has 0 unspecified atom stereocenters. The van der Waals surface area contributed by atoms with Crippen LogP contribution in [0.1, 0.15) is 5.69 Å². The minimum absolute atomic E-state index is 0.748. The Balaban J connectivity index is 2.11. The molecule has 0 spiro atoms. The normalized spacial score (nSPS) is 10.6. The van der Waals surface area contributed by atoms with Crippen LogP contribution in [0.15, 0.2) is 48.5 Å². The van der Waals surface area contributed by atoms with E-state index in [1.165, 1.54) is 0 Å². The topological polar surface area (TPSA) is 60.2 Å². The second-order valence-electron chi connectivity index (χ2n) is 4.91. The predicted octanol–water partition coefficient (Wildman–Crippen LogP) is 3.88. The molecular formula is C17H17N3O. The molecule has 0 aliphatic heterocycles. The lowest BCUT2D eigenvalue weighted by molar-refractivity contribution is 0.419. The van der Waals surface area contributed by atoms with Crippen LogP contribution in [0.5, 0.6) is 5.75 Å². The van der Waals surface area contributed by atoms with Gasteiger partial charge in [-0.25, -0.2) is 4.98 Å². The number of nitrogens with one attached hydrogen (secondary N) is 1. The Kier molecular flexibility index (Phi) is 3.36. The number of rotatable bonds is 3. The molecule has 0 atom stereocenters. The quantitative estimate of drug-likeness (QED) is 0.714. The van der Waals surface area contributed by atoms with Gasteiger partial charge in [0.05, 0.1) is 7.11 Å². The molecule has 3 rings (SSSR count). The summed E-state index contributed by atoms with van der Waals surface area (Å²) in [6, 6.07) is 15.6. The Hall–Kier alpha value is -2.75. The van der Waals surface area contributed by atoms with Crippen LogP contribution in [0, 0.1) is 6.92 Å². The van der Waals surface area contributed by atoms with Crippen molar-refractivity contribution in [3.63, 3.8) is 0 Å². The molecule has 0 saturated carbocycles. The SMILES string of the molecule is COc1cccc2c(Nc3ccc(N)cc3)cc(C)nc12. The second kappa shape index (κ2) is 5.32. The van der Waals surface area contributed by atoms with Crippen molar-refractivity contribution >= 4 is 28.0 Å². The molecule has 0 radical (unpaired) electrons. The lowest BCUT2D eigenvalue weighted by Gasteiger charge is -2.12. The zero-order valence-corrected chi connectivity index (χ0v) is 12.1. The van der Waals surface area contributed by atoms with E-state index < -0.39 is 0 Å². The maximum absolute atomic E-state index is 5.72. The third kappa shape index (κ3) is 2.60. The molecule has 0 aliphatic rings. The number of ether oxygens (including phenoxy) is 1. The molecule has 1 heterocycles. The average Bonchev–Trinajstić information content (AvgIpc) is 2.49. The Morgan fingerprint density at radius 1 is 1.10 bits per heavy atom. The number of aryl methyl sites for hydroxylation is 1. The van der Waals surface area contributed by atoms with E-state index in [9.17, 15) is 0 Å². The van der Waals surface area contributed by atoms with E-state index in [-0.39, 0.29) is 0 Å². The van der Waals surface area contributed by atoms with Crippen LogP contribution in [0.25, 0.3) is 10.9 Å². The molecule has 4 nitrogen and oxygen atoms in total. The molecule has 21 heavy (non-hydrogen) atoms. The van der Waals surface area contributed by atoms with Gasteiger partial charge in [0.2, 0.25) is 0 Å². The number of fused-ring (bicyclic) bond motifs is 1. The van der Waals surface area contributed by atoms with Gasteiger partial charge in [0.15, 0.2) is 0 Å². The first kappa shape index (κ1) is 13.2. The van der Waals surface area contributed by atoms with Crippen molar-refractivity contribution in [2.75, 3.05) is 18.2 Å². The Morgan fingerprint density at radius 3 is 2.57 bits per heavy atom. The second-order valence-corrected chi connectivity index (χ2v) is 4.91. The van der Waals surface area contributed by atoms with Crippen molar-refractivity contribution in [3.8, 4) is 5.75 Å². The molecule has 1 aromatic heterocycles. The summed E-state index contributed by atoms with van der Waals surface area (Å²) in [5, 5.41) is 4.44. The Morgan fingerprint density at radius 2 is 1.86 bits per heavy atom. The van der Waals surface area contributed by atoms with E-state index in [4.69, 9.17) is 10.5 Å². The summed E-state index contributed by atoms with van der Waals surface area (Å²) in [4.78, 5) is 4.58. The van der Waals surface area contributed by atoms with E-state index in [0.717, 1.165) is 39.4 Å². The first-order valence-corrected chi connectivity index (χ1v) is 6.74. The summed E-state index contributed by atoms with van der Waals surface area (Å²) < 4.78 is 5.40. The minimum atomic E-state index is 0.748. The van der Waals surface area contributed by atoms with Crippen molar-refractivity contribution < 1.29 is 4.74 Å².